The molecule has 0 atom stereocenters. The molecule has 1 amide bonds. The summed E-state index contributed by atoms with van der Waals surface area (Å²) < 4.78 is 68.3. The molecule has 0 bridgehead atoms. The lowest BCUT2D eigenvalue weighted by Gasteiger charge is -2.09. The number of nitrogens with one attached hydrogen (secondary N) is 1. The predicted molar refractivity (Wildman–Crippen MR) is 117 cm³/mol. The lowest BCUT2D eigenvalue weighted by atomic mass is 10.1. The Kier molecular flexibility index (Phi) is 6.75. The van der Waals surface area contributed by atoms with Crippen LogP contribution in [-0.4, -0.2) is 36.8 Å². The molecule has 13 heteroatoms. The van der Waals surface area contributed by atoms with Gasteiger partial charge in [0.15, 0.2) is 11.3 Å². The summed E-state index contributed by atoms with van der Waals surface area (Å²) in [5.41, 5.74) is -0.622. The van der Waals surface area contributed by atoms with Gasteiger partial charge in [-0.05, 0) is 19.4 Å². The van der Waals surface area contributed by atoms with Gasteiger partial charge in [-0.3, -0.25) is 9.48 Å². The number of aromatic nitrogens is 5. The summed E-state index contributed by atoms with van der Waals surface area (Å²) in [5, 5.41) is 9.54. The van der Waals surface area contributed by atoms with E-state index in [9.17, 15) is 26.7 Å². The van der Waals surface area contributed by atoms with E-state index in [2.05, 4.69) is 20.5 Å². The molecule has 0 aliphatic heterocycles. The molecule has 7 nitrogen and oxygen atoms in total. The molecular weight excluding hydrogens is 495 g/mol. The monoisotopic (exact) mass is 512 g/mol. The van der Waals surface area contributed by atoms with Crippen molar-refractivity contribution in [2.45, 2.75) is 32.5 Å². The Hall–Kier alpha value is -3.54. The van der Waals surface area contributed by atoms with Gasteiger partial charge in [-0.25, -0.2) is 18.3 Å². The number of alkyl halides is 5. The van der Waals surface area contributed by atoms with Crippen LogP contribution in [0.25, 0.3) is 16.9 Å². The Morgan fingerprint density at radius 2 is 1.91 bits per heavy atom. The predicted octanol–water partition coefficient (Wildman–Crippen LogP) is 5.33. The van der Waals surface area contributed by atoms with Crippen LogP contribution in [0.4, 0.5) is 22.0 Å². The molecule has 0 saturated heterocycles. The second kappa shape index (κ2) is 9.61. The Labute approximate surface area is 200 Å². The summed E-state index contributed by atoms with van der Waals surface area (Å²) >= 11 is 5.73. The highest BCUT2D eigenvalue weighted by Crippen LogP contribution is 2.35. The summed E-state index contributed by atoms with van der Waals surface area (Å²) in [6, 6.07) is 9.87. The third kappa shape index (κ3) is 4.97. The van der Waals surface area contributed by atoms with Gasteiger partial charge >= 0.3 is 6.18 Å². The molecule has 0 spiro atoms. The second-order valence-corrected chi connectivity index (χ2v) is 7.98. The Morgan fingerprint density at radius 1 is 1.20 bits per heavy atom. The van der Waals surface area contributed by atoms with Gasteiger partial charge in [-0.2, -0.15) is 23.4 Å². The van der Waals surface area contributed by atoms with Crippen LogP contribution in [0.3, 0.4) is 0 Å². The third-order valence-electron chi connectivity index (χ3n) is 5.27. The molecule has 0 fully saturated rings. The van der Waals surface area contributed by atoms with Crippen molar-refractivity contribution >= 4 is 23.2 Å². The Morgan fingerprint density at radius 3 is 2.54 bits per heavy atom. The number of rotatable bonds is 7. The van der Waals surface area contributed by atoms with Gasteiger partial charge in [-0.1, -0.05) is 41.9 Å². The fourth-order valence-corrected chi connectivity index (χ4v) is 3.75. The molecule has 35 heavy (non-hydrogen) atoms. The Bertz CT molecular complexity index is 1370. The van der Waals surface area contributed by atoms with Gasteiger partial charge in [0.2, 0.25) is 0 Å². The number of halogens is 6. The molecule has 1 N–H and O–H groups in total. The first-order valence-corrected chi connectivity index (χ1v) is 10.8. The summed E-state index contributed by atoms with van der Waals surface area (Å²) in [6.45, 7) is 1.57. The molecule has 1 aromatic carbocycles. The molecule has 0 unspecified atom stereocenters. The quantitative estimate of drug-likeness (QED) is 0.268. The lowest BCUT2D eigenvalue weighted by molar-refractivity contribution is -0.141. The van der Waals surface area contributed by atoms with E-state index in [1.54, 1.807) is 30.3 Å². The second-order valence-electron chi connectivity index (χ2n) is 7.60. The minimum Gasteiger partial charge on any atom is -0.352 e. The highest BCUT2D eigenvalue weighted by atomic mass is 35.5. The standard InChI is InChI=1S/C22H18ClF5N6O/c1-12-17(23)18(22(26,27)28)32-33(12)9-5-8-29-21(35)14-11-30-34-16(19(24)25)10-15(31-20(14)34)13-6-3-2-4-7-13/h2-4,6-7,10-11,19H,5,8-9H2,1H3,(H,29,35). The molecule has 4 aromatic rings. The number of hydrogen-bond donors (Lipinski definition) is 1. The van der Waals surface area contributed by atoms with E-state index in [0.717, 1.165) is 15.4 Å². The zero-order valence-corrected chi connectivity index (χ0v) is 18.9. The average molecular weight is 513 g/mol. The third-order valence-corrected chi connectivity index (χ3v) is 5.72. The van der Waals surface area contributed by atoms with E-state index in [4.69, 9.17) is 11.6 Å². The molecule has 3 heterocycles. The number of hydrogen-bond acceptors (Lipinski definition) is 4. The maximum Gasteiger partial charge on any atom is 0.436 e. The number of benzene rings is 1. The first kappa shape index (κ1) is 24.6. The minimum atomic E-state index is -4.67. The fraction of sp³-hybridized carbons (Fsp3) is 0.273. The van der Waals surface area contributed by atoms with E-state index in [-0.39, 0.29) is 42.1 Å². The van der Waals surface area contributed by atoms with E-state index >= 15 is 0 Å². The normalized spacial score (nSPS) is 12.0. The molecular formula is C22H18ClF5N6O. The zero-order chi connectivity index (χ0) is 25.3. The molecule has 0 aliphatic rings. The highest BCUT2D eigenvalue weighted by molar-refractivity contribution is 6.31. The van der Waals surface area contributed by atoms with Gasteiger partial charge in [0.25, 0.3) is 12.3 Å². The average Bonchev–Trinajstić information content (AvgIpc) is 3.37. The number of fused-ring (bicyclic) bond motifs is 1. The maximum absolute atomic E-state index is 13.7. The fourth-order valence-electron chi connectivity index (χ4n) is 3.51. The van der Waals surface area contributed by atoms with Gasteiger partial charge in [-0.15, -0.1) is 0 Å². The van der Waals surface area contributed by atoms with E-state index in [1.165, 1.54) is 13.0 Å². The van der Waals surface area contributed by atoms with E-state index < -0.39 is 34.9 Å². The van der Waals surface area contributed by atoms with E-state index in [0.29, 0.717) is 5.56 Å². The zero-order valence-electron chi connectivity index (χ0n) is 18.2. The lowest BCUT2D eigenvalue weighted by Crippen LogP contribution is -2.25. The largest absolute Gasteiger partial charge is 0.436 e. The van der Waals surface area contributed by atoms with Crippen molar-refractivity contribution in [1.29, 1.82) is 0 Å². The van der Waals surface area contributed by atoms with Crippen LogP contribution in [0.1, 0.15) is 40.3 Å². The van der Waals surface area contributed by atoms with Gasteiger partial charge in [0.05, 0.1) is 22.6 Å². The van der Waals surface area contributed by atoms with Crippen LogP contribution in [0.15, 0.2) is 42.6 Å². The van der Waals surface area contributed by atoms with E-state index in [1.807, 2.05) is 0 Å². The van der Waals surface area contributed by atoms with Crippen molar-refractivity contribution in [1.82, 2.24) is 29.7 Å². The first-order chi connectivity index (χ1) is 16.6. The van der Waals surface area contributed by atoms with Crippen molar-refractivity contribution in [2.75, 3.05) is 6.54 Å². The summed E-state index contributed by atoms with van der Waals surface area (Å²) in [5.74, 6) is -0.607. The van der Waals surface area contributed by atoms with Crippen molar-refractivity contribution in [3.05, 3.63) is 70.3 Å². The van der Waals surface area contributed by atoms with Crippen LogP contribution in [0.2, 0.25) is 5.02 Å². The molecule has 3 aromatic heterocycles. The molecule has 0 radical (unpaired) electrons. The number of nitrogens with zero attached hydrogens (tertiary/aromatic N) is 5. The van der Waals surface area contributed by atoms with Gasteiger partial charge in [0.1, 0.15) is 11.3 Å². The van der Waals surface area contributed by atoms with Crippen LogP contribution in [-0.2, 0) is 12.7 Å². The maximum atomic E-state index is 13.7. The summed E-state index contributed by atoms with van der Waals surface area (Å²) in [4.78, 5) is 17.1. The summed E-state index contributed by atoms with van der Waals surface area (Å²) in [7, 11) is 0. The SMILES string of the molecule is Cc1c(Cl)c(C(F)(F)F)nn1CCCNC(=O)c1cnn2c(C(F)F)cc(-c3ccccc3)nc12. The van der Waals surface area contributed by atoms with Gasteiger partial charge in [0, 0.05) is 18.7 Å². The summed E-state index contributed by atoms with van der Waals surface area (Å²) in [6.07, 6.45) is -6.14. The molecule has 0 aliphatic carbocycles. The van der Waals surface area contributed by atoms with Gasteiger partial charge < -0.3 is 5.32 Å². The van der Waals surface area contributed by atoms with Crippen LogP contribution in [0.5, 0.6) is 0 Å². The van der Waals surface area contributed by atoms with Crippen molar-refractivity contribution in [3.63, 3.8) is 0 Å². The smallest absolute Gasteiger partial charge is 0.352 e. The topological polar surface area (TPSA) is 77.1 Å². The van der Waals surface area contributed by atoms with Crippen LogP contribution in [0, 0.1) is 6.92 Å². The van der Waals surface area contributed by atoms with Crippen LogP contribution >= 0.6 is 11.6 Å². The minimum absolute atomic E-state index is 0.0117. The Balaban J connectivity index is 1.50. The number of carbonyl (C=O) groups excluding carboxylic acids is 1. The number of aryl methyl sites for hydroxylation is 1. The van der Waals surface area contributed by atoms with Crippen molar-refractivity contribution in [3.8, 4) is 11.3 Å². The van der Waals surface area contributed by atoms with Crippen LogP contribution < -0.4 is 5.32 Å². The highest BCUT2D eigenvalue weighted by Gasteiger charge is 2.38. The first-order valence-electron chi connectivity index (χ1n) is 10.4. The van der Waals surface area contributed by atoms with Crippen molar-refractivity contribution in [2.24, 2.45) is 0 Å². The van der Waals surface area contributed by atoms with Crippen molar-refractivity contribution < 1.29 is 26.7 Å². The molecule has 184 valence electrons. The molecule has 0 saturated carbocycles. The molecule has 4 rings (SSSR count). The number of carbonyl (C=O) groups is 1. The number of amides is 1.